The highest BCUT2D eigenvalue weighted by Gasteiger charge is 2.18. The Morgan fingerprint density at radius 1 is 1.19 bits per heavy atom. The lowest BCUT2D eigenvalue weighted by Gasteiger charge is -2.25. The van der Waals surface area contributed by atoms with Crippen LogP contribution in [-0.2, 0) is 0 Å². The minimum Gasteiger partial charge on any atom is -0.310 e. The second-order valence-corrected chi connectivity index (χ2v) is 6.99. The van der Waals surface area contributed by atoms with Crippen LogP contribution >= 0.6 is 22.6 Å². The molecule has 0 bridgehead atoms. The first-order valence-electron chi connectivity index (χ1n) is 8.30. The Hall–Kier alpha value is -0.160. The van der Waals surface area contributed by atoms with Crippen LogP contribution in [0.4, 0.5) is 4.39 Å². The van der Waals surface area contributed by atoms with E-state index in [4.69, 9.17) is 0 Å². The van der Waals surface area contributed by atoms with Crippen molar-refractivity contribution in [3.8, 4) is 0 Å². The molecule has 2 unspecified atom stereocenters. The summed E-state index contributed by atoms with van der Waals surface area (Å²) in [4.78, 5) is 0. The predicted octanol–water partition coefficient (Wildman–Crippen LogP) is 6.08. The van der Waals surface area contributed by atoms with Crippen molar-refractivity contribution >= 4 is 22.6 Å². The highest BCUT2D eigenvalue weighted by molar-refractivity contribution is 14.1. The van der Waals surface area contributed by atoms with Crippen LogP contribution in [0.25, 0.3) is 0 Å². The summed E-state index contributed by atoms with van der Waals surface area (Å²) in [5.41, 5.74) is 1.25. The Kier molecular flexibility index (Phi) is 9.49. The van der Waals surface area contributed by atoms with E-state index in [1.165, 1.54) is 31.2 Å². The summed E-state index contributed by atoms with van der Waals surface area (Å²) in [6.07, 6.45) is 7.37. The van der Waals surface area contributed by atoms with Gasteiger partial charge in [-0.05, 0) is 65.6 Å². The maximum Gasteiger partial charge on any atom is 0.124 e. The Balaban J connectivity index is 2.83. The fourth-order valence-electron chi connectivity index (χ4n) is 2.74. The van der Waals surface area contributed by atoms with Gasteiger partial charge in [0.05, 0.1) is 0 Å². The van der Waals surface area contributed by atoms with Crippen molar-refractivity contribution in [1.29, 1.82) is 0 Å². The Morgan fingerprint density at radius 2 is 1.95 bits per heavy atom. The molecule has 0 saturated heterocycles. The molecule has 0 aromatic heterocycles. The summed E-state index contributed by atoms with van der Waals surface area (Å²) in [7, 11) is 0. The van der Waals surface area contributed by atoms with E-state index in [0.717, 1.165) is 28.9 Å². The van der Waals surface area contributed by atoms with E-state index in [1.54, 1.807) is 12.1 Å². The number of halogens is 2. The highest BCUT2D eigenvalue weighted by atomic mass is 127. The van der Waals surface area contributed by atoms with Crippen LogP contribution in [0, 0.1) is 15.3 Å². The molecule has 1 nitrogen and oxygen atoms in total. The Labute approximate surface area is 143 Å². The molecule has 0 aliphatic carbocycles. The summed E-state index contributed by atoms with van der Waals surface area (Å²) in [5, 5.41) is 3.66. The maximum atomic E-state index is 13.3. The standard InChI is InChI=1S/C18H29FIN/c1-4-7-8-14(6-3)12-18(21-11-5-2)16-10-9-15(19)13-17(16)20/h9-10,13-14,18,21H,4-8,11-12H2,1-3H3. The summed E-state index contributed by atoms with van der Waals surface area (Å²) in [5.74, 6) is 0.607. The fourth-order valence-corrected chi connectivity index (χ4v) is 3.59. The second-order valence-electron chi connectivity index (χ2n) is 5.82. The number of hydrogen-bond donors (Lipinski definition) is 1. The van der Waals surface area contributed by atoms with Gasteiger partial charge in [-0.3, -0.25) is 0 Å². The normalized spacial score (nSPS) is 14.1. The lowest BCUT2D eigenvalue weighted by molar-refractivity contribution is 0.353. The topological polar surface area (TPSA) is 12.0 Å². The molecule has 1 aromatic rings. The van der Waals surface area contributed by atoms with Crippen molar-refractivity contribution in [2.75, 3.05) is 6.54 Å². The molecule has 0 amide bonds. The minimum absolute atomic E-state index is 0.143. The van der Waals surface area contributed by atoms with E-state index < -0.39 is 0 Å². The molecular weight excluding hydrogens is 376 g/mol. The van der Waals surface area contributed by atoms with Crippen LogP contribution in [0.1, 0.15) is 70.9 Å². The predicted molar refractivity (Wildman–Crippen MR) is 98.1 cm³/mol. The average molecular weight is 405 g/mol. The van der Waals surface area contributed by atoms with E-state index in [9.17, 15) is 4.39 Å². The first-order chi connectivity index (χ1) is 10.1. The van der Waals surface area contributed by atoms with E-state index >= 15 is 0 Å². The summed E-state index contributed by atoms with van der Waals surface area (Å²) >= 11 is 2.26. The molecule has 0 heterocycles. The van der Waals surface area contributed by atoms with E-state index in [2.05, 4.69) is 48.7 Å². The number of benzene rings is 1. The number of unbranched alkanes of at least 4 members (excludes halogenated alkanes) is 1. The molecule has 1 N–H and O–H groups in total. The first-order valence-corrected chi connectivity index (χ1v) is 9.38. The molecule has 0 spiro atoms. The van der Waals surface area contributed by atoms with Crippen molar-refractivity contribution in [1.82, 2.24) is 5.32 Å². The Morgan fingerprint density at radius 3 is 2.52 bits per heavy atom. The molecular formula is C18H29FIN. The van der Waals surface area contributed by atoms with Gasteiger partial charge in [0.25, 0.3) is 0 Å². The molecule has 0 aliphatic heterocycles. The molecule has 0 saturated carbocycles. The summed E-state index contributed by atoms with van der Waals surface area (Å²) < 4.78 is 14.4. The van der Waals surface area contributed by atoms with Crippen LogP contribution in [0.2, 0.25) is 0 Å². The zero-order valence-electron chi connectivity index (χ0n) is 13.6. The SMILES string of the molecule is CCCCC(CC)CC(NCCC)c1ccc(F)cc1I. The third-order valence-electron chi connectivity index (χ3n) is 4.09. The van der Waals surface area contributed by atoms with Crippen LogP contribution in [0.3, 0.4) is 0 Å². The number of rotatable bonds is 10. The second kappa shape index (κ2) is 10.5. The monoisotopic (exact) mass is 405 g/mol. The van der Waals surface area contributed by atoms with Gasteiger partial charge in [0.1, 0.15) is 5.82 Å². The van der Waals surface area contributed by atoms with Crippen molar-refractivity contribution < 1.29 is 4.39 Å². The van der Waals surface area contributed by atoms with Crippen molar-refractivity contribution in [2.24, 2.45) is 5.92 Å². The summed E-state index contributed by atoms with van der Waals surface area (Å²) in [6, 6.07) is 5.53. The van der Waals surface area contributed by atoms with Gasteiger partial charge in [0, 0.05) is 9.61 Å². The first kappa shape index (κ1) is 18.9. The lowest BCUT2D eigenvalue weighted by Crippen LogP contribution is -2.25. The third-order valence-corrected chi connectivity index (χ3v) is 5.03. The zero-order chi connectivity index (χ0) is 15.7. The maximum absolute atomic E-state index is 13.3. The Bertz CT molecular complexity index is 408. The van der Waals surface area contributed by atoms with Gasteiger partial charge in [-0.15, -0.1) is 0 Å². The fraction of sp³-hybridized carbons (Fsp3) is 0.667. The largest absolute Gasteiger partial charge is 0.310 e. The van der Waals surface area contributed by atoms with Gasteiger partial charge >= 0.3 is 0 Å². The average Bonchev–Trinajstić information content (AvgIpc) is 2.47. The lowest BCUT2D eigenvalue weighted by atomic mass is 9.89. The van der Waals surface area contributed by atoms with Gasteiger partial charge < -0.3 is 5.32 Å². The molecule has 0 radical (unpaired) electrons. The van der Waals surface area contributed by atoms with Gasteiger partial charge in [-0.2, -0.15) is 0 Å². The minimum atomic E-state index is -0.143. The van der Waals surface area contributed by atoms with Crippen LogP contribution in [0.15, 0.2) is 18.2 Å². The van der Waals surface area contributed by atoms with Crippen LogP contribution in [0.5, 0.6) is 0 Å². The van der Waals surface area contributed by atoms with Gasteiger partial charge in [0.15, 0.2) is 0 Å². The molecule has 21 heavy (non-hydrogen) atoms. The zero-order valence-corrected chi connectivity index (χ0v) is 15.7. The van der Waals surface area contributed by atoms with Gasteiger partial charge in [0.2, 0.25) is 0 Å². The quantitative estimate of drug-likeness (QED) is 0.466. The van der Waals surface area contributed by atoms with Crippen molar-refractivity contribution in [3.63, 3.8) is 0 Å². The van der Waals surface area contributed by atoms with Gasteiger partial charge in [-0.1, -0.05) is 52.5 Å². The highest BCUT2D eigenvalue weighted by Crippen LogP contribution is 2.29. The molecule has 120 valence electrons. The third kappa shape index (κ3) is 6.64. The molecule has 0 fully saturated rings. The molecule has 1 rings (SSSR count). The van der Waals surface area contributed by atoms with Crippen LogP contribution < -0.4 is 5.32 Å². The number of nitrogens with one attached hydrogen (secondary N) is 1. The summed E-state index contributed by atoms with van der Waals surface area (Å²) in [6.45, 7) is 7.74. The molecule has 0 aliphatic rings. The van der Waals surface area contributed by atoms with E-state index in [1.807, 2.05) is 6.07 Å². The number of hydrogen-bond acceptors (Lipinski definition) is 1. The van der Waals surface area contributed by atoms with Gasteiger partial charge in [-0.25, -0.2) is 4.39 Å². The van der Waals surface area contributed by atoms with Crippen molar-refractivity contribution in [2.45, 2.75) is 65.3 Å². The molecule has 2 atom stereocenters. The van der Waals surface area contributed by atoms with Crippen LogP contribution in [-0.4, -0.2) is 6.54 Å². The smallest absolute Gasteiger partial charge is 0.124 e. The van der Waals surface area contributed by atoms with E-state index in [-0.39, 0.29) is 5.82 Å². The van der Waals surface area contributed by atoms with E-state index in [0.29, 0.717) is 6.04 Å². The molecule has 1 aromatic carbocycles. The molecule has 3 heteroatoms. The van der Waals surface area contributed by atoms with Crippen molar-refractivity contribution in [3.05, 3.63) is 33.1 Å².